The molecule has 1 aliphatic heterocycles. The van der Waals surface area contributed by atoms with E-state index in [0.717, 1.165) is 0 Å². The van der Waals surface area contributed by atoms with E-state index in [9.17, 15) is 9.59 Å². The van der Waals surface area contributed by atoms with Crippen molar-refractivity contribution in [2.75, 3.05) is 6.54 Å². The van der Waals surface area contributed by atoms with Crippen LogP contribution in [0.5, 0.6) is 0 Å². The number of nitrogens with one attached hydrogen (secondary N) is 1. The number of halogens is 1. The second-order valence-corrected chi connectivity index (χ2v) is 7.06. The monoisotopic (exact) mass is 300 g/mol. The molecule has 1 saturated heterocycles. The maximum Gasteiger partial charge on any atom is 0.246 e. The topological polar surface area (TPSA) is 49.4 Å². The molecule has 1 rings (SSSR count). The second kappa shape index (κ2) is 6.61. The van der Waals surface area contributed by atoms with E-state index in [1.54, 1.807) is 11.0 Å². The number of nitrogens with zero attached hydrogens (tertiary/aromatic N) is 1. The Hall–Kier alpha value is -1.03. The lowest BCUT2D eigenvalue weighted by atomic mass is 9.82. The summed E-state index contributed by atoms with van der Waals surface area (Å²) in [5, 5.41) is 2.87. The van der Waals surface area contributed by atoms with Crippen molar-refractivity contribution >= 4 is 23.4 Å². The standard InChI is InChI=1S/C15H25ClN2O2/c1-10(2)9-11-14(20)18(8-6-7-16)12(13(19)17-11)15(3,4)5/h6-7,10-12H,8-9H2,1-5H3,(H,17,19)/b7-6+. The van der Waals surface area contributed by atoms with Gasteiger partial charge in [-0.1, -0.05) is 52.3 Å². The highest BCUT2D eigenvalue weighted by molar-refractivity contribution is 6.25. The van der Waals surface area contributed by atoms with E-state index >= 15 is 0 Å². The minimum atomic E-state index is -0.466. The second-order valence-electron chi connectivity index (χ2n) is 6.81. The molecule has 1 N–H and O–H groups in total. The number of piperazine rings is 1. The van der Waals surface area contributed by atoms with Crippen molar-refractivity contribution in [3.8, 4) is 0 Å². The van der Waals surface area contributed by atoms with Gasteiger partial charge in [0.2, 0.25) is 11.8 Å². The Morgan fingerprint density at radius 1 is 1.35 bits per heavy atom. The van der Waals surface area contributed by atoms with Gasteiger partial charge in [0.15, 0.2) is 0 Å². The SMILES string of the molecule is CC(C)CC1NC(=O)C(C(C)(C)C)N(C/C=C/Cl)C1=O. The zero-order valence-electron chi connectivity index (χ0n) is 12.9. The van der Waals surface area contributed by atoms with Crippen LogP contribution in [0, 0.1) is 11.3 Å². The molecule has 0 aromatic rings. The van der Waals surface area contributed by atoms with Crippen molar-refractivity contribution in [1.82, 2.24) is 10.2 Å². The summed E-state index contributed by atoms with van der Waals surface area (Å²) in [5.74, 6) is 0.250. The fourth-order valence-electron chi connectivity index (χ4n) is 2.62. The fraction of sp³-hybridized carbons (Fsp3) is 0.733. The molecule has 1 aliphatic rings. The number of amides is 2. The van der Waals surface area contributed by atoms with E-state index in [-0.39, 0.29) is 17.2 Å². The van der Waals surface area contributed by atoms with Gasteiger partial charge in [0.1, 0.15) is 12.1 Å². The first kappa shape index (κ1) is 17.0. The van der Waals surface area contributed by atoms with Gasteiger partial charge in [-0.2, -0.15) is 0 Å². The Morgan fingerprint density at radius 2 is 1.95 bits per heavy atom. The highest BCUT2D eigenvalue weighted by Gasteiger charge is 2.45. The molecule has 1 heterocycles. The van der Waals surface area contributed by atoms with Crippen LogP contribution in [0.1, 0.15) is 41.0 Å². The Labute approximate surface area is 126 Å². The molecule has 2 unspecified atom stereocenters. The van der Waals surface area contributed by atoms with Gasteiger partial charge < -0.3 is 10.2 Å². The maximum absolute atomic E-state index is 12.6. The lowest BCUT2D eigenvalue weighted by Crippen LogP contribution is -2.66. The number of hydrogen-bond donors (Lipinski definition) is 1. The summed E-state index contributed by atoms with van der Waals surface area (Å²) in [4.78, 5) is 26.6. The van der Waals surface area contributed by atoms with E-state index < -0.39 is 12.1 Å². The van der Waals surface area contributed by atoms with Crippen molar-refractivity contribution in [1.29, 1.82) is 0 Å². The van der Waals surface area contributed by atoms with Crippen LogP contribution in [-0.2, 0) is 9.59 Å². The first-order chi connectivity index (χ1) is 9.18. The van der Waals surface area contributed by atoms with Crippen LogP contribution in [0.2, 0.25) is 0 Å². The molecule has 2 atom stereocenters. The van der Waals surface area contributed by atoms with Gasteiger partial charge in [-0.3, -0.25) is 9.59 Å². The van der Waals surface area contributed by atoms with Crippen LogP contribution < -0.4 is 5.32 Å². The molecule has 114 valence electrons. The van der Waals surface area contributed by atoms with E-state index in [4.69, 9.17) is 11.6 Å². The lowest BCUT2D eigenvalue weighted by molar-refractivity contribution is -0.153. The summed E-state index contributed by atoms with van der Waals surface area (Å²) in [5.41, 5.74) is 1.07. The van der Waals surface area contributed by atoms with Gasteiger partial charge in [-0.15, -0.1) is 0 Å². The molecule has 0 aromatic carbocycles. The van der Waals surface area contributed by atoms with Crippen molar-refractivity contribution in [3.63, 3.8) is 0 Å². The summed E-state index contributed by atoms with van der Waals surface area (Å²) in [6.45, 7) is 10.3. The average molecular weight is 301 g/mol. The van der Waals surface area contributed by atoms with E-state index in [0.29, 0.717) is 18.9 Å². The van der Waals surface area contributed by atoms with Crippen LogP contribution in [0.25, 0.3) is 0 Å². The highest BCUT2D eigenvalue weighted by Crippen LogP contribution is 2.28. The van der Waals surface area contributed by atoms with Gasteiger partial charge in [-0.05, 0) is 17.8 Å². The van der Waals surface area contributed by atoms with E-state index in [2.05, 4.69) is 5.32 Å². The predicted molar refractivity (Wildman–Crippen MR) is 81.3 cm³/mol. The van der Waals surface area contributed by atoms with Crippen LogP contribution in [0.3, 0.4) is 0 Å². The van der Waals surface area contributed by atoms with E-state index in [1.807, 2.05) is 34.6 Å². The summed E-state index contributed by atoms with van der Waals surface area (Å²) in [6.07, 6.45) is 2.35. The summed E-state index contributed by atoms with van der Waals surface area (Å²) >= 11 is 5.57. The first-order valence-electron chi connectivity index (χ1n) is 7.04. The largest absolute Gasteiger partial charge is 0.342 e. The third kappa shape index (κ3) is 3.98. The van der Waals surface area contributed by atoms with Gasteiger partial charge >= 0.3 is 0 Å². The molecule has 0 radical (unpaired) electrons. The van der Waals surface area contributed by atoms with Crippen LogP contribution in [0.4, 0.5) is 0 Å². The third-order valence-corrected chi connectivity index (χ3v) is 3.55. The van der Waals surface area contributed by atoms with Crippen LogP contribution in [-0.4, -0.2) is 35.3 Å². The number of rotatable bonds is 4. The molecule has 20 heavy (non-hydrogen) atoms. The average Bonchev–Trinajstić information content (AvgIpc) is 2.28. The molecule has 5 heteroatoms. The van der Waals surface area contributed by atoms with Gasteiger partial charge in [0.25, 0.3) is 0 Å². The third-order valence-electron chi connectivity index (χ3n) is 3.38. The quantitative estimate of drug-likeness (QED) is 0.867. The highest BCUT2D eigenvalue weighted by atomic mass is 35.5. The normalized spacial score (nSPS) is 24.6. The van der Waals surface area contributed by atoms with Crippen LogP contribution >= 0.6 is 11.6 Å². The first-order valence-corrected chi connectivity index (χ1v) is 7.48. The molecule has 0 spiro atoms. The van der Waals surface area contributed by atoms with Crippen LogP contribution in [0.15, 0.2) is 11.6 Å². The molecular formula is C15H25ClN2O2. The number of carbonyl (C=O) groups excluding carboxylic acids is 2. The molecule has 1 fully saturated rings. The maximum atomic E-state index is 12.6. The molecule has 0 saturated carbocycles. The minimum absolute atomic E-state index is 0.0204. The minimum Gasteiger partial charge on any atom is -0.342 e. The Morgan fingerprint density at radius 3 is 2.40 bits per heavy atom. The smallest absolute Gasteiger partial charge is 0.246 e. The molecule has 0 aromatic heterocycles. The van der Waals surface area contributed by atoms with Crippen molar-refractivity contribution in [2.45, 2.75) is 53.1 Å². The predicted octanol–water partition coefficient (Wildman–Crippen LogP) is 2.53. The molecule has 2 amide bonds. The molecule has 0 bridgehead atoms. The van der Waals surface area contributed by atoms with Crippen molar-refractivity contribution in [2.24, 2.45) is 11.3 Å². The van der Waals surface area contributed by atoms with Crippen molar-refractivity contribution in [3.05, 3.63) is 11.6 Å². The Balaban J connectivity index is 3.04. The Bertz CT molecular complexity index is 399. The Kier molecular flexibility index (Phi) is 5.63. The van der Waals surface area contributed by atoms with Crippen molar-refractivity contribution < 1.29 is 9.59 Å². The zero-order chi connectivity index (χ0) is 15.5. The molecular weight excluding hydrogens is 276 g/mol. The summed E-state index contributed by atoms with van der Waals surface area (Å²) in [6, 6.07) is -0.892. The van der Waals surface area contributed by atoms with E-state index in [1.165, 1.54) is 5.54 Å². The number of hydrogen-bond acceptors (Lipinski definition) is 2. The number of carbonyl (C=O) groups is 2. The summed E-state index contributed by atoms with van der Waals surface area (Å²) < 4.78 is 0. The molecule has 4 nitrogen and oxygen atoms in total. The summed E-state index contributed by atoms with van der Waals surface area (Å²) in [7, 11) is 0. The van der Waals surface area contributed by atoms with Gasteiger partial charge in [0.05, 0.1) is 0 Å². The lowest BCUT2D eigenvalue weighted by Gasteiger charge is -2.44. The van der Waals surface area contributed by atoms with Gasteiger partial charge in [-0.25, -0.2) is 0 Å². The fourth-order valence-corrected chi connectivity index (χ4v) is 2.70. The zero-order valence-corrected chi connectivity index (χ0v) is 13.7. The van der Waals surface area contributed by atoms with Gasteiger partial charge in [0, 0.05) is 12.1 Å². The molecule has 0 aliphatic carbocycles.